The second kappa shape index (κ2) is 10.0. The molecule has 0 spiro atoms. The van der Waals surface area contributed by atoms with Gasteiger partial charge in [-0.2, -0.15) is 0 Å². The summed E-state index contributed by atoms with van der Waals surface area (Å²) >= 11 is 6.16. The minimum atomic E-state index is -3.67. The van der Waals surface area contributed by atoms with Crippen molar-refractivity contribution in [1.29, 1.82) is 0 Å². The van der Waals surface area contributed by atoms with Crippen LogP contribution in [0.2, 0.25) is 5.02 Å². The van der Waals surface area contributed by atoms with Gasteiger partial charge in [0.1, 0.15) is 11.8 Å². The van der Waals surface area contributed by atoms with E-state index in [1.165, 1.54) is 4.31 Å². The van der Waals surface area contributed by atoms with Crippen molar-refractivity contribution in [2.24, 2.45) is 0 Å². The smallest absolute Gasteiger partial charge is 0.246 e. The van der Waals surface area contributed by atoms with Gasteiger partial charge in [0.2, 0.25) is 15.9 Å². The van der Waals surface area contributed by atoms with Crippen molar-refractivity contribution < 1.29 is 17.9 Å². The number of piperazine rings is 1. The quantitative estimate of drug-likeness (QED) is 0.607. The number of aryl methyl sites for hydroxylation is 1. The number of anilines is 2. The highest BCUT2D eigenvalue weighted by Crippen LogP contribution is 2.27. The summed E-state index contributed by atoms with van der Waals surface area (Å²) in [6.45, 7) is 8.39. The second-order valence-electron chi connectivity index (χ2n) is 7.90. The first kappa shape index (κ1) is 24.2. The minimum absolute atomic E-state index is 0.216. The van der Waals surface area contributed by atoms with Gasteiger partial charge in [-0.15, -0.1) is 0 Å². The average Bonchev–Trinajstić information content (AvgIpc) is 2.75. The number of ether oxygens (including phenoxy) is 1. The summed E-state index contributed by atoms with van der Waals surface area (Å²) in [5.74, 6) is 0.433. The van der Waals surface area contributed by atoms with Gasteiger partial charge in [-0.3, -0.25) is 9.10 Å². The molecule has 174 valence electrons. The fourth-order valence-corrected chi connectivity index (χ4v) is 5.35. The van der Waals surface area contributed by atoms with Gasteiger partial charge in [0.25, 0.3) is 0 Å². The number of rotatable bonds is 7. The van der Waals surface area contributed by atoms with Gasteiger partial charge in [-0.05, 0) is 62.7 Å². The fraction of sp³-hybridized carbons (Fsp3) is 0.435. The molecule has 3 rings (SSSR count). The normalized spacial score (nSPS) is 15.4. The molecule has 0 unspecified atom stereocenters. The van der Waals surface area contributed by atoms with E-state index in [0.717, 1.165) is 17.5 Å². The Balaban J connectivity index is 1.73. The van der Waals surface area contributed by atoms with Crippen molar-refractivity contribution in [2.75, 3.05) is 48.2 Å². The number of carbonyl (C=O) groups excluding carboxylic acids is 1. The highest BCUT2D eigenvalue weighted by molar-refractivity contribution is 7.92. The SMILES string of the molecule is CCOc1ccc(N([C@H](C)C(=O)N2CCN(c3cc(Cl)ccc3C)CC2)S(C)(=O)=O)cc1. The fourth-order valence-electron chi connectivity index (χ4n) is 4.01. The zero-order valence-electron chi connectivity index (χ0n) is 18.9. The molecule has 1 fully saturated rings. The predicted octanol–water partition coefficient (Wildman–Crippen LogP) is 3.55. The molecule has 0 radical (unpaired) electrons. The Morgan fingerprint density at radius 1 is 1.12 bits per heavy atom. The molecule has 1 amide bonds. The Morgan fingerprint density at radius 2 is 1.75 bits per heavy atom. The minimum Gasteiger partial charge on any atom is -0.494 e. The molecular weight excluding hydrogens is 450 g/mol. The number of carbonyl (C=O) groups is 1. The molecule has 1 aliphatic rings. The van der Waals surface area contributed by atoms with E-state index in [1.54, 1.807) is 36.1 Å². The van der Waals surface area contributed by atoms with Crippen LogP contribution in [-0.4, -0.2) is 64.3 Å². The first-order valence-electron chi connectivity index (χ1n) is 10.6. The molecule has 9 heteroatoms. The summed E-state index contributed by atoms with van der Waals surface area (Å²) in [4.78, 5) is 17.2. The van der Waals surface area contributed by atoms with Crippen LogP contribution in [0.1, 0.15) is 19.4 Å². The van der Waals surface area contributed by atoms with Gasteiger partial charge in [-0.25, -0.2) is 8.42 Å². The lowest BCUT2D eigenvalue weighted by Crippen LogP contribution is -2.55. The monoisotopic (exact) mass is 479 g/mol. The van der Waals surface area contributed by atoms with E-state index < -0.39 is 16.1 Å². The average molecular weight is 480 g/mol. The molecule has 7 nitrogen and oxygen atoms in total. The topological polar surface area (TPSA) is 70.2 Å². The van der Waals surface area contributed by atoms with Gasteiger partial charge in [-0.1, -0.05) is 17.7 Å². The number of amides is 1. The van der Waals surface area contributed by atoms with E-state index >= 15 is 0 Å². The molecule has 0 bridgehead atoms. The van der Waals surface area contributed by atoms with Crippen LogP contribution in [0, 0.1) is 6.92 Å². The van der Waals surface area contributed by atoms with Crippen molar-refractivity contribution in [2.45, 2.75) is 26.8 Å². The van der Waals surface area contributed by atoms with Crippen molar-refractivity contribution in [1.82, 2.24) is 4.90 Å². The summed E-state index contributed by atoms with van der Waals surface area (Å²) in [6.07, 6.45) is 1.12. The zero-order valence-corrected chi connectivity index (χ0v) is 20.5. The lowest BCUT2D eigenvalue weighted by molar-refractivity contribution is -0.132. The summed E-state index contributed by atoms with van der Waals surface area (Å²) < 4.78 is 31.8. The molecule has 1 heterocycles. The van der Waals surface area contributed by atoms with Crippen molar-refractivity contribution in [3.8, 4) is 5.75 Å². The molecule has 0 N–H and O–H groups in total. The van der Waals surface area contributed by atoms with Crippen LogP contribution in [0.5, 0.6) is 5.75 Å². The van der Waals surface area contributed by atoms with E-state index in [9.17, 15) is 13.2 Å². The van der Waals surface area contributed by atoms with Gasteiger partial charge in [0.15, 0.2) is 0 Å². The largest absolute Gasteiger partial charge is 0.494 e. The Morgan fingerprint density at radius 3 is 2.31 bits per heavy atom. The Hall–Kier alpha value is -2.45. The molecule has 1 saturated heterocycles. The number of sulfonamides is 1. The maximum atomic E-state index is 13.2. The van der Waals surface area contributed by atoms with E-state index in [-0.39, 0.29) is 5.91 Å². The van der Waals surface area contributed by atoms with Crippen LogP contribution >= 0.6 is 11.6 Å². The third-order valence-electron chi connectivity index (χ3n) is 5.57. The third-order valence-corrected chi connectivity index (χ3v) is 7.05. The lowest BCUT2D eigenvalue weighted by atomic mass is 10.1. The molecule has 1 aliphatic heterocycles. The van der Waals surface area contributed by atoms with Crippen molar-refractivity contribution >= 4 is 38.9 Å². The maximum Gasteiger partial charge on any atom is 0.246 e. The van der Waals surface area contributed by atoms with Crippen molar-refractivity contribution in [3.05, 3.63) is 53.1 Å². The molecule has 2 aromatic rings. The second-order valence-corrected chi connectivity index (χ2v) is 10.2. The van der Waals surface area contributed by atoms with Crippen LogP contribution in [0.25, 0.3) is 0 Å². The summed E-state index contributed by atoms with van der Waals surface area (Å²) in [7, 11) is -3.67. The molecule has 0 aliphatic carbocycles. The Kier molecular flexibility index (Phi) is 7.56. The molecule has 0 aromatic heterocycles. The summed E-state index contributed by atoms with van der Waals surface area (Å²) in [6, 6.07) is 11.7. The third kappa shape index (κ3) is 5.48. The summed E-state index contributed by atoms with van der Waals surface area (Å²) in [5, 5.41) is 0.678. The number of benzene rings is 2. The molecule has 2 aromatic carbocycles. The number of halogens is 1. The van der Waals surface area contributed by atoms with Crippen molar-refractivity contribution in [3.63, 3.8) is 0 Å². The van der Waals surface area contributed by atoms with Gasteiger partial charge in [0, 0.05) is 36.9 Å². The first-order chi connectivity index (χ1) is 15.1. The van der Waals surface area contributed by atoms with E-state index in [2.05, 4.69) is 4.90 Å². The molecule has 0 saturated carbocycles. The van der Waals surface area contributed by atoms with E-state index in [4.69, 9.17) is 16.3 Å². The molecule has 1 atom stereocenters. The molecular formula is C23H30ClN3O4S. The van der Waals surface area contributed by atoms with Gasteiger partial charge >= 0.3 is 0 Å². The highest BCUT2D eigenvalue weighted by atomic mass is 35.5. The van der Waals surface area contributed by atoms with Crippen LogP contribution in [-0.2, 0) is 14.8 Å². The summed E-state index contributed by atoms with van der Waals surface area (Å²) in [5.41, 5.74) is 2.62. The van der Waals surface area contributed by atoms with Gasteiger partial charge in [0.05, 0.1) is 18.6 Å². The Labute approximate surface area is 195 Å². The lowest BCUT2D eigenvalue weighted by Gasteiger charge is -2.39. The first-order valence-corrected chi connectivity index (χ1v) is 12.9. The molecule has 32 heavy (non-hydrogen) atoms. The van der Waals surface area contributed by atoms with Crippen LogP contribution in [0.15, 0.2) is 42.5 Å². The van der Waals surface area contributed by atoms with Crippen LogP contribution in [0.4, 0.5) is 11.4 Å². The standard InChI is InChI=1S/C23H30ClN3O4S/c1-5-31-21-10-8-20(9-11-21)27(32(4,29)30)18(3)23(28)26-14-12-25(13-15-26)22-16-19(24)7-6-17(22)2/h6-11,16,18H,5,12-15H2,1-4H3/t18-/m1/s1. The van der Waals surface area contributed by atoms with E-state index in [0.29, 0.717) is 49.2 Å². The van der Waals surface area contributed by atoms with E-state index in [1.807, 2.05) is 32.0 Å². The number of hydrogen-bond acceptors (Lipinski definition) is 5. The number of hydrogen-bond donors (Lipinski definition) is 0. The number of nitrogens with zero attached hydrogens (tertiary/aromatic N) is 3. The maximum absolute atomic E-state index is 13.2. The highest BCUT2D eigenvalue weighted by Gasteiger charge is 2.33. The van der Waals surface area contributed by atoms with Crippen LogP contribution in [0.3, 0.4) is 0 Å². The predicted molar refractivity (Wildman–Crippen MR) is 129 cm³/mol. The Bertz CT molecular complexity index is 1050. The zero-order chi connectivity index (χ0) is 23.5. The van der Waals surface area contributed by atoms with Gasteiger partial charge < -0.3 is 14.5 Å². The van der Waals surface area contributed by atoms with Crippen LogP contribution < -0.4 is 13.9 Å².